The van der Waals surface area contributed by atoms with Crippen LogP contribution in [0.3, 0.4) is 0 Å². The maximum absolute atomic E-state index is 13.7. The van der Waals surface area contributed by atoms with E-state index in [9.17, 15) is 23.1 Å². The second kappa shape index (κ2) is 18.3. The number of ketones is 1. The molecule has 0 fully saturated rings. The summed E-state index contributed by atoms with van der Waals surface area (Å²) in [4.78, 5) is 17.3. The third-order valence-corrected chi connectivity index (χ3v) is 10.8. The molecular weight excluding hydrogens is 868 g/mol. The molecule has 1 N–H and O–H groups in total. The zero-order valence-corrected chi connectivity index (χ0v) is 35.4. The molecule has 0 atom stereocenters. The number of halogens is 3. The number of hydrogen-bond acceptors (Lipinski definition) is 4. The summed E-state index contributed by atoms with van der Waals surface area (Å²) >= 11 is 1.43. The smallest absolute Gasteiger partial charge is 0.394 e. The Morgan fingerprint density at radius 2 is 1.55 bits per heavy atom. The Morgan fingerprint density at radius 3 is 2.15 bits per heavy atom. The van der Waals surface area contributed by atoms with Crippen LogP contribution in [0.2, 0.25) is 0 Å². The molecule has 8 heteroatoms. The van der Waals surface area contributed by atoms with Gasteiger partial charge in [-0.3, -0.25) is 9.78 Å². The molecule has 287 valence electrons. The number of alkyl halides is 3. The normalized spacial score (nSPS) is 13.4. The van der Waals surface area contributed by atoms with Crippen molar-refractivity contribution in [3.05, 3.63) is 102 Å². The van der Waals surface area contributed by atoms with Crippen LogP contribution in [-0.2, 0) is 36.7 Å². The molecule has 0 bridgehead atoms. The molecule has 0 unspecified atom stereocenters. The van der Waals surface area contributed by atoms with Crippen molar-refractivity contribution in [3.63, 3.8) is 0 Å². The van der Waals surface area contributed by atoms with Crippen molar-refractivity contribution in [1.29, 1.82) is 0 Å². The van der Waals surface area contributed by atoms with Gasteiger partial charge in [0.25, 0.3) is 0 Å². The van der Waals surface area contributed by atoms with Crippen LogP contribution in [-0.4, -0.2) is 22.1 Å². The Hall–Kier alpha value is -3.32. The molecule has 0 saturated carbocycles. The van der Waals surface area contributed by atoms with E-state index in [0.717, 1.165) is 76.7 Å². The molecule has 2 aromatic heterocycles. The fraction of sp³-hybridized carbons (Fsp3) is 0.422. The van der Waals surface area contributed by atoms with Crippen LogP contribution in [0.1, 0.15) is 102 Å². The van der Waals surface area contributed by atoms with E-state index in [1.165, 1.54) is 34.4 Å². The number of aromatic nitrogens is 1. The first kappa shape index (κ1) is 40.9. The summed E-state index contributed by atoms with van der Waals surface area (Å²) in [6, 6.07) is 24.5. The number of benzene rings is 3. The van der Waals surface area contributed by atoms with Gasteiger partial charge in [-0.05, 0) is 72.2 Å². The summed E-state index contributed by atoms with van der Waals surface area (Å²) in [7, 11) is 0. The van der Waals surface area contributed by atoms with Crippen LogP contribution in [0, 0.1) is 23.3 Å². The minimum absolute atomic E-state index is 0. The molecule has 0 aliphatic rings. The Labute approximate surface area is 334 Å². The number of aliphatic hydroxyl groups excluding tert-OH is 1. The van der Waals surface area contributed by atoms with Gasteiger partial charge in [0.2, 0.25) is 0 Å². The number of carbonyl (C=O) groups excluding carboxylic acids is 1. The second-order valence-electron chi connectivity index (χ2n) is 14.9. The predicted octanol–water partition coefficient (Wildman–Crippen LogP) is 13.9. The average Bonchev–Trinajstić information content (AvgIpc) is 3.55. The van der Waals surface area contributed by atoms with Gasteiger partial charge in [0, 0.05) is 62.2 Å². The summed E-state index contributed by atoms with van der Waals surface area (Å²) in [6.07, 6.45) is -0.621. The third-order valence-electron chi connectivity index (χ3n) is 9.67. The van der Waals surface area contributed by atoms with Crippen molar-refractivity contribution >= 4 is 38.0 Å². The van der Waals surface area contributed by atoms with Crippen molar-refractivity contribution in [3.8, 4) is 21.7 Å². The van der Waals surface area contributed by atoms with E-state index in [1.807, 2.05) is 58.0 Å². The summed E-state index contributed by atoms with van der Waals surface area (Å²) in [5.41, 5.74) is 1.22. The standard InChI is InChI=1S/C32H29F3NS.C13H24O2.Ir/c1-30(2,3)26-16-24(15-21-8-6-7-9-25(21)26)27-17-23(12-13-36-27)29-18-22-11-10-20(14-28(22)37-29)19-31(4,5)32(33,34)35;1-5-10(6-2)12(14)9-13(15)11(7-3)8-4;/h6-14,16-18H,19H2,1-5H3;9-11,14H,5-8H2,1-4H3;/q-1;;/b;12-9-;/i19D2;;. The van der Waals surface area contributed by atoms with Crippen LogP contribution in [0.25, 0.3) is 42.6 Å². The van der Waals surface area contributed by atoms with Crippen LogP contribution >= 0.6 is 11.3 Å². The molecule has 3 nitrogen and oxygen atoms in total. The fourth-order valence-corrected chi connectivity index (χ4v) is 7.28. The van der Waals surface area contributed by atoms with Gasteiger partial charge in [-0.15, -0.1) is 40.5 Å². The predicted molar refractivity (Wildman–Crippen MR) is 213 cm³/mol. The van der Waals surface area contributed by atoms with Gasteiger partial charge in [-0.1, -0.05) is 110 Å². The van der Waals surface area contributed by atoms with Gasteiger partial charge < -0.3 is 5.11 Å². The molecule has 3 aromatic carbocycles. The minimum Gasteiger partial charge on any atom is -0.512 e. The zero-order chi connectivity index (χ0) is 40.2. The minimum atomic E-state index is -4.69. The second-order valence-corrected chi connectivity index (χ2v) is 16.0. The topological polar surface area (TPSA) is 50.2 Å². The Morgan fingerprint density at radius 1 is 0.906 bits per heavy atom. The zero-order valence-electron chi connectivity index (χ0n) is 34.2. The van der Waals surface area contributed by atoms with E-state index in [2.05, 4.69) is 50.0 Å². The van der Waals surface area contributed by atoms with Crippen molar-refractivity contribution in [2.24, 2.45) is 17.3 Å². The maximum Gasteiger partial charge on any atom is 0.394 e. The number of hydrogen-bond donors (Lipinski definition) is 1. The number of fused-ring (bicyclic) bond motifs is 2. The summed E-state index contributed by atoms with van der Waals surface area (Å²) in [6.45, 7) is 16.4. The summed E-state index contributed by atoms with van der Waals surface area (Å²) < 4.78 is 58.4. The molecule has 2 heterocycles. The van der Waals surface area contributed by atoms with Crippen molar-refractivity contribution in [2.75, 3.05) is 0 Å². The molecule has 0 aliphatic carbocycles. The first-order valence-electron chi connectivity index (χ1n) is 19.2. The third kappa shape index (κ3) is 10.9. The average molecular weight is 923 g/mol. The van der Waals surface area contributed by atoms with Crippen molar-refractivity contribution in [2.45, 2.75) is 106 Å². The first-order chi connectivity index (χ1) is 25.2. The number of aliphatic hydroxyl groups is 1. The van der Waals surface area contributed by atoms with E-state index >= 15 is 0 Å². The fourth-order valence-electron chi connectivity index (χ4n) is 6.18. The number of pyridine rings is 1. The van der Waals surface area contributed by atoms with E-state index in [-0.39, 0.29) is 54.5 Å². The number of allylic oxidation sites excluding steroid dienone is 2. The first-order valence-corrected chi connectivity index (χ1v) is 19.0. The number of nitrogens with zero attached hydrogens (tertiary/aromatic N) is 1. The number of rotatable bonds is 11. The molecule has 5 aromatic rings. The van der Waals surface area contributed by atoms with Gasteiger partial charge >= 0.3 is 6.18 Å². The van der Waals surface area contributed by atoms with Gasteiger partial charge in [-0.25, -0.2) is 0 Å². The summed E-state index contributed by atoms with van der Waals surface area (Å²) in [5.74, 6) is 0.547. The Balaban J connectivity index is 0.000000433. The SMILES string of the molecule is CCC(CC)C(=O)/C=C(\O)C(CC)CC.[2H]C([2H])(c1ccc2cc(-c3ccnc(-c4[c-]c5ccccc5c(C(C)(C)C)c4)c3)sc2c1)C(C)(C)C(F)(F)F.[Ir]. The van der Waals surface area contributed by atoms with Crippen molar-refractivity contribution < 1.29 is 45.9 Å². The molecule has 1 radical (unpaired) electrons. The van der Waals surface area contributed by atoms with E-state index in [1.54, 1.807) is 18.3 Å². The molecule has 0 aliphatic heterocycles. The van der Waals surface area contributed by atoms with Gasteiger partial charge in [0.1, 0.15) is 0 Å². The van der Waals surface area contributed by atoms with Crippen LogP contribution in [0.5, 0.6) is 0 Å². The van der Waals surface area contributed by atoms with E-state index < -0.39 is 18.0 Å². The van der Waals surface area contributed by atoms with Crippen LogP contribution < -0.4 is 0 Å². The molecule has 53 heavy (non-hydrogen) atoms. The number of thiophene rings is 1. The Bertz CT molecular complexity index is 2110. The van der Waals surface area contributed by atoms with E-state index in [4.69, 9.17) is 2.74 Å². The summed E-state index contributed by atoms with van der Waals surface area (Å²) in [5, 5.41) is 12.8. The van der Waals surface area contributed by atoms with Crippen LogP contribution in [0.15, 0.2) is 84.8 Å². The molecule has 5 rings (SSSR count). The molecular formula is C45H53F3IrNO2S-. The van der Waals surface area contributed by atoms with Gasteiger partial charge in [-0.2, -0.15) is 13.2 Å². The maximum atomic E-state index is 13.7. The molecule has 0 spiro atoms. The van der Waals surface area contributed by atoms with E-state index in [0.29, 0.717) is 0 Å². The largest absolute Gasteiger partial charge is 0.512 e. The monoisotopic (exact) mass is 923 g/mol. The van der Waals surface area contributed by atoms with Crippen LogP contribution in [0.4, 0.5) is 13.2 Å². The number of carbonyl (C=O) groups is 1. The van der Waals surface area contributed by atoms with Gasteiger partial charge in [0.15, 0.2) is 5.78 Å². The quantitative estimate of drug-likeness (QED) is 0.0816. The Kier molecular flexibility index (Phi) is 14.1. The molecule has 0 saturated heterocycles. The van der Waals surface area contributed by atoms with Crippen molar-refractivity contribution in [1.82, 2.24) is 4.98 Å². The van der Waals surface area contributed by atoms with Gasteiger partial charge in [0.05, 0.1) is 11.2 Å². The molecule has 0 amide bonds.